The fraction of sp³-hybridized carbons (Fsp3) is 0.467. The summed E-state index contributed by atoms with van der Waals surface area (Å²) in [6, 6.07) is 4.63. The molecule has 0 saturated heterocycles. The van der Waals surface area contributed by atoms with E-state index in [0.29, 0.717) is 6.04 Å². The molecule has 0 saturated carbocycles. The molecule has 1 atom stereocenters. The van der Waals surface area contributed by atoms with Crippen LogP contribution in [0.4, 0.5) is 0 Å². The van der Waals surface area contributed by atoms with Gasteiger partial charge in [0.1, 0.15) is 0 Å². The average Bonchev–Trinajstić information content (AvgIpc) is 2.83. The number of rotatable bonds is 7. The van der Waals surface area contributed by atoms with E-state index in [9.17, 15) is 0 Å². The molecule has 0 aliphatic rings. The van der Waals surface area contributed by atoms with E-state index in [1.165, 1.54) is 11.1 Å². The Balaban J connectivity index is 1.89. The van der Waals surface area contributed by atoms with Gasteiger partial charge in [0.25, 0.3) is 0 Å². The van der Waals surface area contributed by atoms with E-state index in [-0.39, 0.29) is 0 Å². The Labute approximate surface area is 114 Å². The van der Waals surface area contributed by atoms with E-state index in [0.717, 1.165) is 25.8 Å². The van der Waals surface area contributed by atoms with Crippen LogP contribution in [0.3, 0.4) is 0 Å². The fourth-order valence-electron chi connectivity index (χ4n) is 2.31. The lowest BCUT2D eigenvalue weighted by Crippen LogP contribution is -2.31. The molecule has 0 fully saturated rings. The lowest BCUT2D eigenvalue weighted by molar-refractivity contribution is 0.490. The summed E-state index contributed by atoms with van der Waals surface area (Å²) >= 11 is 0. The van der Waals surface area contributed by atoms with Crippen molar-refractivity contribution < 1.29 is 0 Å². The fourth-order valence-corrected chi connectivity index (χ4v) is 2.31. The van der Waals surface area contributed by atoms with Crippen molar-refractivity contribution in [2.45, 2.75) is 32.2 Å². The Morgan fingerprint density at radius 2 is 2.21 bits per heavy atom. The molecule has 1 unspecified atom stereocenters. The molecule has 0 radical (unpaired) electrons. The second kappa shape index (κ2) is 7.04. The Hall–Kier alpha value is -1.68. The Morgan fingerprint density at radius 3 is 2.84 bits per heavy atom. The van der Waals surface area contributed by atoms with Gasteiger partial charge in [0, 0.05) is 31.7 Å². The summed E-state index contributed by atoms with van der Waals surface area (Å²) < 4.78 is 1.86. The average molecular weight is 258 g/mol. The lowest BCUT2D eigenvalue weighted by Gasteiger charge is -2.17. The van der Waals surface area contributed by atoms with Crippen LogP contribution in [0.5, 0.6) is 0 Å². The highest BCUT2D eigenvalue weighted by molar-refractivity contribution is 5.10. The molecule has 0 spiro atoms. The molecule has 0 bridgehead atoms. The van der Waals surface area contributed by atoms with Crippen LogP contribution in [0.1, 0.15) is 24.5 Å². The zero-order chi connectivity index (χ0) is 13.5. The lowest BCUT2D eigenvalue weighted by atomic mass is 10.0. The smallest absolute Gasteiger partial charge is 0.0522 e. The maximum atomic E-state index is 4.23. The van der Waals surface area contributed by atoms with Gasteiger partial charge in [0.15, 0.2) is 0 Å². The molecule has 2 heterocycles. The van der Waals surface area contributed by atoms with Gasteiger partial charge in [-0.05, 0) is 43.0 Å². The van der Waals surface area contributed by atoms with Gasteiger partial charge < -0.3 is 5.32 Å². The molecular formula is C15H22N4. The van der Waals surface area contributed by atoms with Crippen molar-refractivity contribution in [3.63, 3.8) is 0 Å². The monoisotopic (exact) mass is 258 g/mol. The van der Waals surface area contributed by atoms with Crippen molar-refractivity contribution >= 4 is 0 Å². The predicted octanol–water partition coefficient (Wildman–Crippen LogP) is 1.97. The molecule has 19 heavy (non-hydrogen) atoms. The van der Waals surface area contributed by atoms with E-state index in [2.05, 4.69) is 34.6 Å². The first kappa shape index (κ1) is 13.7. The molecule has 0 amide bonds. The van der Waals surface area contributed by atoms with Crippen LogP contribution < -0.4 is 5.32 Å². The minimum Gasteiger partial charge on any atom is -0.314 e. The van der Waals surface area contributed by atoms with Crippen LogP contribution in [0.15, 0.2) is 36.9 Å². The van der Waals surface area contributed by atoms with Crippen LogP contribution in [0.2, 0.25) is 0 Å². The van der Waals surface area contributed by atoms with Gasteiger partial charge in [-0.2, -0.15) is 5.10 Å². The van der Waals surface area contributed by atoms with E-state index in [1.807, 2.05) is 36.4 Å². The third kappa shape index (κ3) is 4.48. The van der Waals surface area contributed by atoms with Gasteiger partial charge in [-0.25, -0.2) is 0 Å². The molecule has 2 rings (SSSR count). The minimum absolute atomic E-state index is 0.495. The molecule has 0 aliphatic heterocycles. The summed E-state index contributed by atoms with van der Waals surface area (Å²) in [7, 11) is 1.96. The number of hydrogen-bond donors (Lipinski definition) is 1. The highest BCUT2D eigenvalue weighted by atomic mass is 15.2. The molecule has 4 heteroatoms. The molecule has 4 nitrogen and oxygen atoms in total. The Morgan fingerprint density at radius 1 is 1.32 bits per heavy atom. The highest BCUT2D eigenvalue weighted by Crippen LogP contribution is 2.09. The normalized spacial score (nSPS) is 12.5. The Bertz CT molecular complexity index is 478. The molecule has 102 valence electrons. The number of likely N-dealkylation sites (N-methyl/N-ethyl adjacent to an activating group) is 1. The first-order valence-electron chi connectivity index (χ1n) is 6.87. The standard InChI is InChI=1S/C15H22N4/c1-3-17-15(9-14-11-18-19(2)12-14)7-6-13-5-4-8-16-10-13/h4-5,8,10-12,15,17H,3,6-7,9H2,1-2H3. The van der Waals surface area contributed by atoms with Crippen LogP contribution in [-0.2, 0) is 19.9 Å². The van der Waals surface area contributed by atoms with Gasteiger partial charge in [0.05, 0.1) is 6.20 Å². The first-order chi connectivity index (χ1) is 9.28. The minimum atomic E-state index is 0.495. The van der Waals surface area contributed by atoms with Crippen molar-refractivity contribution in [2.75, 3.05) is 6.54 Å². The zero-order valence-corrected chi connectivity index (χ0v) is 11.7. The zero-order valence-electron chi connectivity index (χ0n) is 11.7. The number of nitrogens with zero attached hydrogens (tertiary/aromatic N) is 3. The first-order valence-corrected chi connectivity index (χ1v) is 6.87. The quantitative estimate of drug-likeness (QED) is 0.825. The molecule has 2 aromatic rings. The highest BCUT2D eigenvalue weighted by Gasteiger charge is 2.10. The summed E-state index contributed by atoms with van der Waals surface area (Å²) in [6.07, 6.45) is 11.0. The molecule has 2 aromatic heterocycles. The number of aryl methyl sites for hydroxylation is 2. The maximum absolute atomic E-state index is 4.23. The van der Waals surface area contributed by atoms with Gasteiger partial charge >= 0.3 is 0 Å². The van der Waals surface area contributed by atoms with Gasteiger partial charge in [-0.3, -0.25) is 9.67 Å². The summed E-state index contributed by atoms with van der Waals surface area (Å²) in [5.41, 5.74) is 2.59. The van der Waals surface area contributed by atoms with E-state index in [4.69, 9.17) is 0 Å². The number of nitrogens with one attached hydrogen (secondary N) is 1. The Kier molecular flexibility index (Phi) is 5.10. The van der Waals surface area contributed by atoms with Crippen molar-refractivity contribution in [3.05, 3.63) is 48.0 Å². The number of pyridine rings is 1. The van der Waals surface area contributed by atoms with Crippen molar-refractivity contribution in [2.24, 2.45) is 7.05 Å². The van der Waals surface area contributed by atoms with Crippen LogP contribution in [-0.4, -0.2) is 27.4 Å². The summed E-state index contributed by atoms with van der Waals surface area (Å²) in [4.78, 5) is 4.16. The van der Waals surface area contributed by atoms with Crippen LogP contribution in [0.25, 0.3) is 0 Å². The summed E-state index contributed by atoms with van der Waals surface area (Å²) in [6.45, 7) is 3.15. The molecule has 0 aromatic carbocycles. The second-order valence-electron chi connectivity index (χ2n) is 4.88. The molecular weight excluding hydrogens is 236 g/mol. The topological polar surface area (TPSA) is 42.7 Å². The number of aromatic nitrogens is 3. The molecule has 0 aliphatic carbocycles. The van der Waals surface area contributed by atoms with E-state index in [1.54, 1.807) is 0 Å². The SMILES string of the molecule is CCNC(CCc1cccnc1)Cc1cnn(C)c1. The maximum Gasteiger partial charge on any atom is 0.0522 e. The summed E-state index contributed by atoms with van der Waals surface area (Å²) in [5.74, 6) is 0. The van der Waals surface area contributed by atoms with Crippen molar-refractivity contribution in [1.82, 2.24) is 20.1 Å². The molecule has 1 N–H and O–H groups in total. The number of hydrogen-bond acceptors (Lipinski definition) is 3. The van der Waals surface area contributed by atoms with E-state index >= 15 is 0 Å². The van der Waals surface area contributed by atoms with Gasteiger partial charge in [-0.15, -0.1) is 0 Å². The van der Waals surface area contributed by atoms with E-state index < -0.39 is 0 Å². The summed E-state index contributed by atoms with van der Waals surface area (Å²) in [5, 5.41) is 7.78. The third-order valence-corrected chi connectivity index (χ3v) is 3.24. The van der Waals surface area contributed by atoms with Gasteiger partial charge in [-0.1, -0.05) is 13.0 Å². The second-order valence-corrected chi connectivity index (χ2v) is 4.88. The third-order valence-electron chi connectivity index (χ3n) is 3.24. The van der Waals surface area contributed by atoms with Gasteiger partial charge in [0.2, 0.25) is 0 Å². The van der Waals surface area contributed by atoms with Crippen LogP contribution in [0, 0.1) is 0 Å². The van der Waals surface area contributed by atoms with Crippen LogP contribution >= 0.6 is 0 Å². The van der Waals surface area contributed by atoms with Crippen molar-refractivity contribution in [1.29, 1.82) is 0 Å². The largest absolute Gasteiger partial charge is 0.314 e. The van der Waals surface area contributed by atoms with Crippen molar-refractivity contribution in [3.8, 4) is 0 Å². The predicted molar refractivity (Wildman–Crippen MR) is 76.9 cm³/mol.